The van der Waals surface area contributed by atoms with Crippen molar-refractivity contribution in [3.63, 3.8) is 0 Å². The first-order valence-electron chi connectivity index (χ1n) is 8.61. The number of hydrogen-bond acceptors (Lipinski definition) is 3. The highest BCUT2D eigenvalue weighted by molar-refractivity contribution is 6.18. The minimum Gasteiger partial charge on any atom is -0.484 e. The molecular formula is C23H18O3. The van der Waals surface area contributed by atoms with Crippen molar-refractivity contribution in [3.05, 3.63) is 101 Å². The van der Waals surface area contributed by atoms with Crippen LogP contribution in [0.2, 0.25) is 0 Å². The van der Waals surface area contributed by atoms with Crippen LogP contribution in [0.3, 0.4) is 0 Å². The SMILES string of the molecule is Cc1ccc2c(c1)C(=O)C(C(=O)c1ccccc1)C(c1ccccc1)O2. The number of Topliss-reactive ketones (excluding diaryl/α,β-unsaturated/α-hetero) is 2. The van der Waals surface area contributed by atoms with Crippen LogP contribution < -0.4 is 4.74 Å². The van der Waals surface area contributed by atoms with Crippen molar-refractivity contribution < 1.29 is 14.3 Å². The number of carbonyl (C=O) groups excluding carboxylic acids is 2. The van der Waals surface area contributed by atoms with Gasteiger partial charge in [0.15, 0.2) is 11.6 Å². The number of aryl methyl sites for hydroxylation is 1. The normalized spacial score (nSPS) is 18.7. The van der Waals surface area contributed by atoms with Crippen LogP contribution in [0.4, 0.5) is 0 Å². The summed E-state index contributed by atoms with van der Waals surface area (Å²) in [6, 6.07) is 23.9. The van der Waals surface area contributed by atoms with Crippen LogP contribution >= 0.6 is 0 Å². The highest BCUT2D eigenvalue weighted by Gasteiger charge is 2.43. The minimum atomic E-state index is -0.894. The lowest BCUT2D eigenvalue weighted by Crippen LogP contribution is -2.37. The van der Waals surface area contributed by atoms with E-state index in [9.17, 15) is 9.59 Å². The quantitative estimate of drug-likeness (QED) is 0.507. The van der Waals surface area contributed by atoms with Crippen LogP contribution in [0.25, 0.3) is 0 Å². The van der Waals surface area contributed by atoms with Crippen LogP contribution in [-0.4, -0.2) is 11.6 Å². The molecule has 0 bridgehead atoms. The molecule has 0 fully saturated rings. The zero-order valence-corrected chi connectivity index (χ0v) is 14.4. The number of ether oxygens (including phenoxy) is 1. The average Bonchev–Trinajstić information content (AvgIpc) is 2.69. The summed E-state index contributed by atoms with van der Waals surface area (Å²) in [6.45, 7) is 1.92. The molecule has 0 N–H and O–H groups in total. The second-order valence-corrected chi connectivity index (χ2v) is 6.52. The third kappa shape index (κ3) is 2.82. The van der Waals surface area contributed by atoms with Gasteiger partial charge in [-0.2, -0.15) is 0 Å². The Morgan fingerprint density at radius 3 is 2.23 bits per heavy atom. The van der Waals surface area contributed by atoms with Crippen molar-refractivity contribution in [2.75, 3.05) is 0 Å². The van der Waals surface area contributed by atoms with Crippen molar-refractivity contribution >= 4 is 11.6 Å². The molecular weight excluding hydrogens is 324 g/mol. The molecule has 0 spiro atoms. The predicted octanol–water partition coefficient (Wildman–Crippen LogP) is 4.81. The number of fused-ring (bicyclic) bond motifs is 1. The molecule has 2 unspecified atom stereocenters. The van der Waals surface area contributed by atoms with Gasteiger partial charge in [0.2, 0.25) is 0 Å². The molecule has 3 aromatic rings. The topological polar surface area (TPSA) is 43.4 Å². The maximum Gasteiger partial charge on any atom is 0.181 e. The fourth-order valence-corrected chi connectivity index (χ4v) is 3.39. The largest absolute Gasteiger partial charge is 0.484 e. The van der Waals surface area contributed by atoms with Gasteiger partial charge >= 0.3 is 0 Å². The second-order valence-electron chi connectivity index (χ2n) is 6.52. The number of ketones is 2. The highest BCUT2D eigenvalue weighted by atomic mass is 16.5. The molecule has 26 heavy (non-hydrogen) atoms. The van der Waals surface area contributed by atoms with Crippen molar-refractivity contribution in [2.45, 2.75) is 13.0 Å². The molecule has 4 rings (SSSR count). The summed E-state index contributed by atoms with van der Waals surface area (Å²) >= 11 is 0. The summed E-state index contributed by atoms with van der Waals surface area (Å²) < 4.78 is 6.16. The first-order chi connectivity index (χ1) is 12.6. The third-order valence-corrected chi connectivity index (χ3v) is 4.71. The number of rotatable bonds is 3. The monoisotopic (exact) mass is 342 g/mol. The van der Waals surface area contributed by atoms with Crippen LogP contribution in [0, 0.1) is 12.8 Å². The number of hydrogen-bond donors (Lipinski definition) is 0. The van der Waals surface area contributed by atoms with Gasteiger partial charge in [-0.3, -0.25) is 9.59 Å². The van der Waals surface area contributed by atoms with Crippen molar-refractivity contribution in [1.29, 1.82) is 0 Å². The van der Waals surface area contributed by atoms with Crippen LogP contribution in [0.15, 0.2) is 78.9 Å². The Kier molecular flexibility index (Phi) is 4.13. The molecule has 1 aliphatic rings. The minimum absolute atomic E-state index is 0.183. The zero-order valence-electron chi connectivity index (χ0n) is 14.4. The molecule has 0 aromatic heterocycles. The van der Waals surface area contributed by atoms with E-state index in [1.54, 1.807) is 30.3 Å². The Hall–Kier alpha value is -3.20. The summed E-state index contributed by atoms with van der Waals surface area (Å²) in [4.78, 5) is 26.5. The third-order valence-electron chi connectivity index (χ3n) is 4.71. The molecule has 0 saturated heterocycles. The lowest BCUT2D eigenvalue weighted by molar-refractivity contribution is 0.0569. The summed E-state index contributed by atoms with van der Waals surface area (Å²) in [5.74, 6) is -0.755. The van der Waals surface area contributed by atoms with Gasteiger partial charge in [-0.1, -0.05) is 72.3 Å². The second kappa shape index (κ2) is 6.60. The molecule has 128 valence electrons. The Balaban J connectivity index is 1.84. The van der Waals surface area contributed by atoms with Gasteiger partial charge in [-0.05, 0) is 24.6 Å². The predicted molar refractivity (Wildman–Crippen MR) is 99.6 cm³/mol. The summed E-state index contributed by atoms with van der Waals surface area (Å²) in [7, 11) is 0. The van der Waals surface area contributed by atoms with E-state index in [2.05, 4.69) is 0 Å². The smallest absolute Gasteiger partial charge is 0.181 e. The fourth-order valence-electron chi connectivity index (χ4n) is 3.39. The molecule has 3 aromatic carbocycles. The molecule has 0 saturated carbocycles. The van der Waals surface area contributed by atoms with E-state index in [4.69, 9.17) is 4.74 Å². The van der Waals surface area contributed by atoms with E-state index in [1.165, 1.54) is 0 Å². The first-order valence-corrected chi connectivity index (χ1v) is 8.61. The van der Waals surface area contributed by atoms with Gasteiger partial charge < -0.3 is 4.74 Å². The Morgan fingerprint density at radius 2 is 1.54 bits per heavy atom. The maximum absolute atomic E-state index is 13.3. The maximum atomic E-state index is 13.3. The van der Waals surface area contributed by atoms with Gasteiger partial charge in [-0.15, -0.1) is 0 Å². The lowest BCUT2D eigenvalue weighted by Gasteiger charge is -2.32. The lowest BCUT2D eigenvalue weighted by atomic mass is 9.80. The summed E-state index contributed by atoms with van der Waals surface area (Å²) in [6.07, 6.45) is -0.633. The van der Waals surface area contributed by atoms with Crippen molar-refractivity contribution in [1.82, 2.24) is 0 Å². The summed E-state index contributed by atoms with van der Waals surface area (Å²) in [5.41, 5.74) is 2.78. The molecule has 0 radical (unpaired) electrons. The van der Waals surface area contributed by atoms with E-state index >= 15 is 0 Å². The van der Waals surface area contributed by atoms with Crippen LogP contribution in [0.1, 0.15) is 37.9 Å². The average molecular weight is 342 g/mol. The number of carbonyl (C=O) groups is 2. The molecule has 0 amide bonds. The van der Waals surface area contributed by atoms with E-state index in [0.717, 1.165) is 11.1 Å². The van der Waals surface area contributed by atoms with Gasteiger partial charge in [0, 0.05) is 5.56 Å². The van der Waals surface area contributed by atoms with Crippen molar-refractivity contribution in [3.8, 4) is 5.75 Å². The molecule has 1 heterocycles. The van der Waals surface area contributed by atoms with Crippen LogP contribution in [0.5, 0.6) is 5.75 Å². The van der Waals surface area contributed by atoms with Crippen molar-refractivity contribution in [2.24, 2.45) is 5.92 Å². The van der Waals surface area contributed by atoms with E-state index < -0.39 is 12.0 Å². The first kappa shape index (κ1) is 16.3. The van der Waals surface area contributed by atoms with Gasteiger partial charge in [0.05, 0.1) is 5.56 Å². The standard InChI is InChI=1S/C23H18O3/c1-15-12-13-19-18(14-15)22(25)20(21(24)16-8-4-2-5-9-16)23(26-19)17-10-6-3-7-11-17/h2-14,20,23H,1H3. The summed E-state index contributed by atoms with van der Waals surface area (Å²) in [5, 5.41) is 0. The number of benzene rings is 3. The Labute approximate surface area is 152 Å². The Bertz CT molecular complexity index is 961. The molecule has 3 nitrogen and oxygen atoms in total. The van der Waals surface area contributed by atoms with Gasteiger partial charge in [0.25, 0.3) is 0 Å². The van der Waals surface area contributed by atoms with Crippen LogP contribution in [-0.2, 0) is 0 Å². The molecule has 0 aliphatic carbocycles. The molecule has 3 heteroatoms. The van der Waals surface area contributed by atoms with E-state index in [0.29, 0.717) is 16.9 Å². The van der Waals surface area contributed by atoms with Gasteiger partial charge in [-0.25, -0.2) is 0 Å². The zero-order chi connectivity index (χ0) is 18.1. The Morgan fingerprint density at radius 1 is 0.885 bits per heavy atom. The molecule has 1 aliphatic heterocycles. The van der Waals surface area contributed by atoms with E-state index in [1.807, 2.05) is 55.5 Å². The highest BCUT2D eigenvalue weighted by Crippen LogP contribution is 2.40. The fraction of sp³-hybridized carbons (Fsp3) is 0.130. The van der Waals surface area contributed by atoms with Gasteiger partial charge in [0.1, 0.15) is 17.8 Å². The molecule has 2 atom stereocenters. The van der Waals surface area contributed by atoms with E-state index in [-0.39, 0.29) is 11.6 Å².